The van der Waals surface area contributed by atoms with Crippen molar-refractivity contribution in [2.75, 3.05) is 19.8 Å². The maximum absolute atomic E-state index is 12.9. The molecular formula is C52H101O12P. The lowest BCUT2D eigenvalue weighted by molar-refractivity contribution is -0.220. The molecule has 13 heteroatoms. The van der Waals surface area contributed by atoms with E-state index < -0.39 is 63.1 Å². The third-order valence-electron chi connectivity index (χ3n) is 12.9. The number of hydrogen-bond donors (Lipinski definition) is 6. The largest absolute Gasteiger partial charge is 0.472 e. The van der Waals surface area contributed by atoms with E-state index in [1.165, 1.54) is 186 Å². The Morgan fingerprint density at radius 2 is 0.815 bits per heavy atom. The molecule has 0 heterocycles. The highest BCUT2D eigenvalue weighted by atomic mass is 31.2. The van der Waals surface area contributed by atoms with Gasteiger partial charge in [0.2, 0.25) is 0 Å². The van der Waals surface area contributed by atoms with Gasteiger partial charge in [0.15, 0.2) is 0 Å². The predicted molar refractivity (Wildman–Crippen MR) is 263 cm³/mol. The SMILES string of the molecule is CCCCCCCCC/C=C\CCCCCCCCCCOCC(COP(=O)(O)OC1C(O)C(O)C(O)C(O)C1O)OC(=O)CCCCCCCCCCCCCCCCCCCCC. The van der Waals surface area contributed by atoms with Crippen LogP contribution in [0.15, 0.2) is 12.2 Å². The number of rotatable bonds is 47. The minimum absolute atomic E-state index is 0.0727. The van der Waals surface area contributed by atoms with Crippen LogP contribution in [0.3, 0.4) is 0 Å². The summed E-state index contributed by atoms with van der Waals surface area (Å²) in [4.78, 5) is 23.3. The average Bonchev–Trinajstić information content (AvgIpc) is 3.29. The highest BCUT2D eigenvalue weighted by Crippen LogP contribution is 2.47. The van der Waals surface area contributed by atoms with Gasteiger partial charge in [-0.3, -0.25) is 13.8 Å². The van der Waals surface area contributed by atoms with Gasteiger partial charge in [-0.15, -0.1) is 0 Å². The first-order valence-electron chi connectivity index (χ1n) is 27.0. The van der Waals surface area contributed by atoms with Crippen LogP contribution in [0.4, 0.5) is 0 Å². The molecule has 6 unspecified atom stereocenters. The zero-order valence-electron chi connectivity index (χ0n) is 41.6. The average molecular weight is 949 g/mol. The number of ether oxygens (including phenoxy) is 2. The maximum atomic E-state index is 12.9. The summed E-state index contributed by atoms with van der Waals surface area (Å²) in [6, 6.07) is 0. The zero-order valence-corrected chi connectivity index (χ0v) is 42.5. The van der Waals surface area contributed by atoms with Crippen molar-refractivity contribution in [1.82, 2.24) is 0 Å². The third kappa shape index (κ3) is 34.9. The van der Waals surface area contributed by atoms with Gasteiger partial charge < -0.3 is 39.9 Å². The predicted octanol–water partition coefficient (Wildman–Crippen LogP) is 12.3. The van der Waals surface area contributed by atoms with Gasteiger partial charge >= 0.3 is 13.8 Å². The van der Waals surface area contributed by atoms with Crippen LogP contribution in [0.2, 0.25) is 0 Å². The van der Waals surface area contributed by atoms with E-state index in [-0.39, 0.29) is 13.0 Å². The summed E-state index contributed by atoms with van der Waals surface area (Å²) in [5.41, 5.74) is 0. The van der Waals surface area contributed by atoms with Crippen molar-refractivity contribution in [2.24, 2.45) is 0 Å². The minimum Gasteiger partial charge on any atom is -0.457 e. The van der Waals surface area contributed by atoms with Gasteiger partial charge in [0.1, 0.15) is 42.7 Å². The van der Waals surface area contributed by atoms with Gasteiger partial charge in [-0.25, -0.2) is 4.57 Å². The first kappa shape index (κ1) is 62.1. The number of esters is 1. The lowest BCUT2D eigenvalue weighted by Crippen LogP contribution is -2.64. The number of unbranched alkanes of at least 4 members (excludes halogenated alkanes) is 33. The molecule has 1 saturated carbocycles. The summed E-state index contributed by atoms with van der Waals surface area (Å²) >= 11 is 0. The van der Waals surface area contributed by atoms with Crippen LogP contribution in [-0.4, -0.2) is 98.9 Å². The molecule has 6 atom stereocenters. The molecule has 0 aromatic heterocycles. The lowest BCUT2D eigenvalue weighted by atomic mass is 9.85. The second kappa shape index (κ2) is 43.1. The quantitative estimate of drug-likeness (QED) is 0.0147. The number of aliphatic hydroxyl groups is 5. The monoisotopic (exact) mass is 949 g/mol. The first-order chi connectivity index (χ1) is 31.5. The van der Waals surface area contributed by atoms with Crippen molar-refractivity contribution < 1.29 is 58.3 Å². The third-order valence-corrected chi connectivity index (χ3v) is 13.9. The lowest BCUT2D eigenvalue weighted by Gasteiger charge is -2.41. The highest BCUT2D eigenvalue weighted by Gasteiger charge is 2.51. The Hall–Kier alpha value is -0.920. The van der Waals surface area contributed by atoms with Crippen molar-refractivity contribution in [3.8, 4) is 0 Å². The molecule has 0 spiro atoms. The summed E-state index contributed by atoms with van der Waals surface area (Å²) < 4.78 is 34.3. The molecule has 0 bridgehead atoms. The van der Waals surface area contributed by atoms with Gasteiger partial charge in [-0.2, -0.15) is 0 Å². The molecule has 0 aromatic carbocycles. The Kier molecular flexibility index (Phi) is 41.2. The fourth-order valence-electron chi connectivity index (χ4n) is 8.59. The topological polar surface area (TPSA) is 192 Å². The number of aliphatic hydroxyl groups excluding tert-OH is 5. The fraction of sp³-hybridized carbons (Fsp3) is 0.942. The van der Waals surface area contributed by atoms with E-state index in [0.717, 1.165) is 38.5 Å². The number of hydrogen-bond acceptors (Lipinski definition) is 11. The van der Waals surface area contributed by atoms with Gasteiger partial charge in [0, 0.05) is 13.0 Å². The Labute approximate surface area is 397 Å². The van der Waals surface area contributed by atoms with E-state index in [0.29, 0.717) is 13.0 Å². The molecular weight excluding hydrogens is 848 g/mol. The number of phosphoric ester groups is 1. The number of allylic oxidation sites excluding steroid dienone is 2. The van der Waals surface area contributed by atoms with Crippen LogP contribution < -0.4 is 0 Å². The van der Waals surface area contributed by atoms with E-state index in [1.54, 1.807) is 0 Å². The minimum atomic E-state index is -5.02. The van der Waals surface area contributed by atoms with Crippen LogP contribution in [0, 0.1) is 0 Å². The Morgan fingerprint density at radius 1 is 0.477 bits per heavy atom. The van der Waals surface area contributed by atoms with Crippen LogP contribution in [0.25, 0.3) is 0 Å². The van der Waals surface area contributed by atoms with Crippen molar-refractivity contribution in [3.63, 3.8) is 0 Å². The van der Waals surface area contributed by atoms with Crippen LogP contribution in [0.1, 0.15) is 251 Å². The molecule has 1 rings (SSSR count). The Morgan fingerprint density at radius 3 is 1.22 bits per heavy atom. The van der Waals surface area contributed by atoms with Crippen molar-refractivity contribution in [2.45, 2.75) is 294 Å². The number of carbonyl (C=O) groups excluding carboxylic acids is 1. The van der Waals surface area contributed by atoms with Gasteiger partial charge in [-0.1, -0.05) is 219 Å². The van der Waals surface area contributed by atoms with Gasteiger partial charge in [0.05, 0.1) is 13.2 Å². The van der Waals surface area contributed by atoms with Crippen molar-refractivity contribution in [3.05, 3.63) is 12.2 Å². The van der Waals surface area contributed by atoms with Crippen molar-refractivity contribution in [1.29, 1.82) is 0 Å². The maximum Gasteiger partial charge on any atom is 0.472 e. The molecule has 6 N–H and O–H groups in total. The van der Waals surface area contributed by atoms with E-state index in [4.69, 9.17) is 18.5 Å². The van der Waals surface area contributed by atoms with E-state index in [9.17, 15) is 39.8 Å². The van der Waals surface area contributed by atoms with Crippen molar-refractivity contribution >= 4 is 13.8 Å². The molecule has 386 valence electrons. The Balaban J connectivity index is 2.31. The smallest absolute Gasteiger partial charge is 0.457 e. The molecule has 0 amide bonds. The van der Waals surface area contributed by atoms with E-state index in [2.05, 4.69) is 26.0 Å². The van der Waals surface area contributed by atoms with Crippen LogP contribution >= 0.6 is 7.82 Å². The second-order valence-corrected chi connectivity index (χ2v) is 20.5. The molecule has 65 heavy (non-hydrogen) atoms. The summed E-state index contributed by atoms with van der Waals surface area (Å²) in [6.45, 7) is 4.31. The Bertz CT molecular complexity index is 1130. The molecule has 1 aliphatic rings. The van der Waals surface area contributed by atoms with Crippen LogP contribution in [0.5, 0.6) is 0 Å². The van der Waals surface area contributed by atoms with Gasteiger partial charge in [-0.05, 0) is 38.5 Å². The van der Waals surface area contributed by atoms with E-state index in [1.807, 2.05) is 0 Å². The molecule has 1 fully saturated rings. The van der Waals surface area contributed by atoms with Gasteiger partial charge in [0.25, 0.3) is 0 Å². The summed E-state index contributed by atoms with van der Waals surface area (Å²) in [6.07, 6.45) is 37.0. The number of phosphoric acid groups is 1. The molecule has 0 aliphatic heterocycles. The number of carbonyl (C=O) groups is 1. The summed E-state index contributed by atoms with van der Waals surface area (Å²) in [5, 5.41) is 50.3. The molecule has 1 aliphatic carbocycles. The normalized spacial score (nSPS) is 21.5. The van der Waals surface area contributed by atoms with E-state index >= 15 is 0 Å². The first-order valence-corrected chi connectivity index (χ1v) is 28.5. The molecule has 0 radical (unpaired) electrons. The standard InChI is InChI=1S/C52H101O12P/c1-3-5-7-9-11-13-15-17-19-21-23-25-27-29-31-33-35-37-39-41-46(53)63-45(44-62-65(59,60)64-52-50(57)48(55)47(54)49(56)51(52)58)43-61-42-40-38-36-34-32-30-28-26-24-22-20-18-16-14-12-10-8-6-4-2/h20,22,45,47-52,54-58H,3-19,21,23-44H2,1-2H3,(H,59,60)/b22-20-. The second-order valence-electron chi connectivity index (χ2n) is 19.1. The molecule has 12 nitrogen and oxygen atoms in total. The molecule has 0 saturated heterocycles. The zero-order chi connectivity index (χ0) is 47.6. The highest BCUT2D eigenvalue weighted by molar-refractivity contribution is 7.47. The van der Waals surface area contributed by atoms with Crippen LogP contribution in [-0.2, 0) is 27.9 Å². The fourth-order valence-corrected chi connectivity index (χ4v) is 9.56. The summed E-state index contributed by atoms with van der Waals surface area (Å²) in [7, 11) is -5.02. The molecule has 0 aromatic rings. The summed E-state index contributed by atoms with van der Waals surface area (Å²) in [5.74, 6) is -0.472.